The van der Waals surface area contributed by atoms with Gasteiger partial charge in [-0.05, 0) is 44.5 Å². The summed E-state index contributed by atoms with van der Waals surface area (Å²) < 4.78 is 0. The molecule has 2 aliphatic heterocycles. The van der Waals surface area contributed by atoms with Gasteiger partial charge in [-0.2, -0.15) is 0 Å². The van der Waals surface area contributed by atoms with Crippen LogP contribution >= 0.6 is 0 Å². The molecule has 0 N–H and O–H groups in total. The number of rotatable bonds is 4. The topological polar surface area (TPSA) is 36.4 Å². The molecular weight excluding hydrogens is 262 g/mol. The maximum absolute atomic E-state index is 12.2. The predicted octanol–water partition coefficient (Wildman–Crippen LogP) is 2.27. The van der Waals surface area contributed by atoms with Crippen molar-refractivity contribution in [2.75, 3.05) is 26.7 Å². The van der Waals surface area contributed by atoms with E-state index in [1.165, 1.54) is 31.4 Å². The van der Waals surface area contributed by atoms with Gasteiger partial charge in [0.2, 0.25) is 5.91 Å². The minimum atomic E-state index is 0.328. The summed E-state index contributed by atoms with van der Waals surface area (Å²) in [4.78, 5) is 20.8. The fourth-order valence-corrected chi connectivity index (χ4v) is 3.47. The summed E-state index contributed by atoms with van der Waals surface area (Å²) in [5.74, 6) is 0.814. The van der Waals surface area contributed by atoms with E-state index in [0.29, 0.717) is 24.3 Å². The summed E-state index contributed by atoms with van der Waals surface area (Å²) in [6.45, 7) is 2.92. The first-order valence-corrected chi connectivity index (χ1v) is 8.12. The number of aromatic nitrogens is 1. The van der Waals surface area contributed by atoms with Crippen molar-refractivity contribution >= 4 is 5.91 Å². The number of carbonyl (C=O) groups is 1. The molecule has 4 nitrogen and oxygen atoms in total. The molecular formula is C17H25N3O. The molecule has 1 amide bonds. The van der Waals surface area contributed by atoms with Crippen molar-refractivity contribution in [3.05, 3.63) is 30.1 Å². The van der Waals surface area contributed by atoms with Crippen molar-refractivity contribution in [1.82, 2.24) is 14.8 Å². The van der Waals surface area contributed by atoms with Crippen LogP contribution in [0.1, 0.15) is 43.6 Å². The largest absolute Gasteiger partial charge is 0.341 e. The van der Waals surface area contributed by atoms with Crippen LogP contribution in [0.4, 0.5) is 0 Å². The fraction of sp³-hybridized carbons (Fsp3) is 0.647. The zero-order chi connectivity index (χ0) is 14.7. The molecule has 0 spiro atoms. The molecule has 2 saturated heterocycles. The normalized spacial score (nSPS) is 23.9. The highest BCUT2D eigenvalue weighted by Crippen LogP contribution is 2.27. The molecule has 2 fully saturated rings. The Hall–Kier alpha value is -1.42. The zero-order valence-corrected chi connectivity index (χ0v) is 12.9. The van der Waals surface area contributed by atoms with Crippen LogP contribution in [0.25, 0.3) is 0 Å². The number of amides is 1. The number of nitrogens with zero attached hydrogens (tertiary/aromatic N) is 3. The second kappa shape index (κ2) is 6.56. The van der Waals surface area contributed by atoms with Gasteiger partial charge in [-0.25, -0.2) is 0 Å². The standard InChI is InChI=1S/C17H25N3O/c1-19-10-3-2-6-16(19)7-8-17(21)20-12-15(13-20)14-5-4-9-18-11-14/h4-5,9,11,15-16H,2-3,6-8,10,12-13H2,1H3/t16-/m0/s1. The zero-order valence-electron chi connectivity index (χ0n) is 12.9. The molecule has 21 heavy (non-hydrogen) atoms. The summed E-state index contributed by atoms with van der Waals surface area (Å²) in [6.07, 6.45) is 9.31. The quantitative estimate of drug-likeness (QED) is 0.852. The molecule has 3 rings (SSSR count). The molecule has 0 saturated carbocycles. The van der Waals surface area contributed by atoms with Crippen LogP contribution in [0, 0.1) is 0 Å². The van der Waals surface area contributed by atoms with Crippen molar-refractivity contribution in [2.24, 2.45) is 0 Å². The third-order valence-electron chi connectivity index (χ3n) is 5.00. The lowest BCUT2D eigenvalue weighted by Crippen LogP contribution is -2.49. The Balaban J connectivity index is 1.41. The van der Waals surface area contributed by atoms with E-state index in [-0.39, 0.29) is 0 Å². The van der Waals surface area contributed by atoms with Gasteiger partial charge in [-0.3, -0.25) is 9.78 Å². The molecule has 0 unspecified atom stereocenters. The van der Waals surface area contributed by atoms with Crippen molar-refractivity contribution < 1.29 is 4.79 Å². The number of likely N-dealkylation sites (tertiary alicyclic amines) is 2. The first-order valence-electron chi connectivity index (χ1n) is 8.12. The highest BCUT2D eigenvalue weighted by atomic mass is 16.2. The van der Waals surface area contributed by atoms with Crippen LogP contribution in [0.3, 0.4) is 0 Å². The van der Waals surface area contributed by atoms with E-state index in [1.54, 1.807) is 6.20 Å². The van der Waals surface area contributed by atoms with Gasteiger partial charge in [0.05, 0.1) is 0 Å². The van der Waals surface area contributed by atoms with Gasteiger partial charge in [0.15, 0.2) is 0 Å². The average Bonchev–Trinajstić information content (AvgIpc) is 2.46. The maximum Gasteiger partial charge on any atom is 0.222 e. The van der Waals surface area contributed by atoms with Crippen LogP contribution in [0.15, 0.2) is 24.5 Å². The summed E-state index contributed by atoms with van der Waals surface area (Å²) in [7, 11) is 2.19. The number of pyridine rings is 1. The summed E-state index contributed by atoms with van der Waals surface area (Å²) in [6, 6.07) is 4.69. The van der Waals surface area contributed by atoms with Gasteiger partial charge in [0.1, 0.15) is 0 Å². The molecule has 3 heterocycles. The Morgan fingerprint density at radius 3 is 2.95 bits per heavy atom. The van der Waals surface area contributed by atoms with Crippen molar-refractivity contribution in [2.45, 2.75) is 44.1 Å². The maximum atomic E-state index is 12.2. The van der Waals surface area contributed by atoms with Gasteiger partial charge >= 0.3 is 0 Å². The van der Waals surface area contributed by atoms with E-state index in [1.807, 2.05) is 17.2 Å². The van der Waals surface area contributed by atoms with E-state index in [0.717, 1.165) is 19.5 Å². The SMILES string of the molecule is CN1CCCC[C@H]1CCC(=O)N1CC(c2cccnc2)C1. The molecule has 0 radical (unpaired) electrons. The lowest BCUT2D eigenvalue weighted by atomic mass is 9.91. The Kier molecular flexibility index (Phi) is 4.54. The Morgan fingerprint density at radius 2 is 2.24 bits per heavy atom. The first kappa shape index (κ1) is 14.5. The Morgan fingerprint density at radius 1 is 1.38 bits per heavy atom. The van der Waals surface area contributed by atoms with Crippen LogP contribution in [0.5, 0.6) is 0 Å². The number of carbonyl (C=O) groups excluding carboxylic acids is 1. The summed E-state index contributed by atoms with van der Waals surface area (Å²) in [5, 5.41) is 0. The second-order valence-corrected chi connectivity index (χ2v) is 6.45. The Bertz CT molecular complexity index is 470. The molecule has 2 aliphatic rings. The van der Waals surface area contributed by atoms with Crippen LogP contribution in [0.2, 0.25) is 0 Å². The van der Waals surface area contributed by atoms with Crippen molar-refractivity contribution in [3.8, 4) is 0 Å². The molecule has 0 aromatic carbocycles. The highest BCUT2D eigenvalue weighted by molar-refractivity contribution is 5.77. The monoisotopic (exact) mass is 287 g/mol. The third-order valence-corrected chi connectivity index (χ3v) is 5.00. The average molecular weight is 287 g/mol. The molecule has 1 aromatic rings. The molecule has 4 heteroatoms. The number of hydrogen-bond donors (Lipinski definition) is 0. The lowest BCUT2D eigenvalue weighted by molar-refractivity contribution is -0.136. The lowest BCUT2D eigenvalue weighted by Gasteiger charge is -2.40. The Labute approximate surface area is 127 Å². The highest BCUT2D eigenvalue weighted by Gasteiger charge is 2.32. The molecule has 1 aromatic heterocycles. The van der Waals surface area contributed by atoms with Crippen molar-refractivity contribution in [3.63, 3.8) is 0 Å². The van der Waals surface area contributed by atoms with Crippen LogP contribution in [-0.2, 0) is 4.79 Å². The third kappa shape index (κ3) is 3.43. The second-order valence-electron chi connectivity index (χ2n) is 6.45. The van der Waals surface area contributed by atoms with Gasteiger partial charge in [-0.1, -0.05) is 12.5 Å². The van der Waals surface area contributed by atoms with Crippen LogP contribution in [-0.4, -0.2) is 53.4 Å². The van der Waals surface area contributed by atoms with Crippen LogP contribution < -0.4 is 0 Å². The van der Waals surface area contributed by atoms with E-state index in [2.05, 4.69) is 23.0 Å². The first-order chi connectivity index (χ1) is 10.2. The summed E-state index contributed by atoms with van der Waals surface area (Å²) >= 11 is 0. The van der Waals surface area contributed by atoms with Gasteiger partial charge in [-0.15, -0.1) is 0 Å². The fourth-order valence-electron chi connectivity index (χ4n) is 3.47. The smallest absolute Gasteiger partial charge is 0.222 e. The number of hydrogen-bond acceptors (Lipinski definition) is 3. The van der Waals surface area contributed by atoms with Gasteiger partial charge in [0, 0.05) is 43.9 Å². The summed E-state index contributed by atoms with van der Waals surface area (Å²) in [5.41, 5.74) is 1.26. The van der Waals surface area contributed by atoms with Gasteiger partial charge in [0.25, 0.3) is 0 Å². The molecule has 0 bridgehead atoms. The van der Waals surface area contributed by atoms with E-state index in [4.69, 9.17) is 0 Å². The van der Waals surface area contributed by atoms with E-state index >= 15 is 0 Å². The van der Waals surface area contributed by atoms with E-state index in [9.17, 15) is 4.79 Å². The minimum Gasteiger partial charge on any atom is -0.341 e. The van der Waals surface area contributed by atoms with Crippen molar-refractivity contribution in [1.29, 1.82) is 0 Å². The predicted molar refractivity (Wildman–Crippen MR) is 83.1 cm³/mol. The molecule has 0 aliphatic carbocycles. The van der Waals surface area contributed by atoms with Gasteiger partial charge < -0.3 is 9.80 Å². The molecule has 1 atom stereocenters. The van der Waals surface area contributed by atoms with E-state index < -0.39 is 0 Å². The number of piperidine rings is 1. The molecule has 114 valence electrons. The minimum absolute atomic E-state index is 0.328.